The SMILES string of the molecule is c1ccc(-c2ccc(-c3nc(-c4ccccc4)nc(-c4cccc(-c5nc6ccc7ccccc7c6c6oc7ccccc7c56)c4)n3)cc2)cc1. The highest BCUT2D eigenvalue weighted by atomic mass is 16.3. The Hall–Kier alpha value is -6.98. The van der Waals surface area contributed by atoms with Crippen LogP contribution in [0.15, 0.2) is 174 Å². The first-order chi connectivity index (χ1) is 25.3. The maximum atomic E-state index is 6.64. The molecule has 0 saturated carbocycles. The van der Waals surface area contributed by atoms with Gasteiger partial charge >= 0.3 is 0 Å². The van der Waals surface area contributed by atoms with E-state index in [1.54, 1.807) is 0 Å². The van der Waals surface area contributed by atoms with Crippen LogP contribution < -0.4 is 0 Å². The van der Waals surface area contributed by atoms with Crippen LogP contribution in [0, 0.1) is 0 Å². The normalized spacial score (nSPS) is 11.5. The highest BCUT2D eigenvalue weighted by Crippen LogP contribution is 2.42. The predicted octanol–water partition coefficient (Wildman–Crippen LogP) is 11.8. The minimum atomic E-state index is 0.591. The third-order valence-electron chi connectivity index (χ3n) is 9.51. The first-order valence-corrected chi connectivity index (χ1v) is 17.0. The van der Waals surface area contributed by atoms with E-state index in [1.165, 1.54) is 0 Å². The van der Waals surface area contributed by atoms with Crippen molar-refractivity contribution >= 4 is 43.6 Å². The smallest absolute Gasteiger partial charge is 0.164 e. The predicted molar refractivity (Wildman–Crippen MR) is 207 cm³/mol. The molecule has 0 atom stereocenters. The molecule has 0 bridgehead atoms. The quantitative estimate of drug-likeness (QED) is 0.173. The lowest BCUT2D eigenvalue weighted by atomic mass is 9.98. The van der Waals surface area contributed by atoms with Gasteiger partial charge in [-0.25, -0.2) is 19.9 Å². The lowest BCUT2D eigenvalue weighted by molar-refractivity contribution is 0.673. The van der Waals surface area contributed by atoms with Crippen LogP contribution >= 0.6 is 0 Å². The summed E-state index contributed by atoms with van der Waals surface area (Å²) in [6.07, 6.45) is 0. The minimum Gasteiger partial charge on any atom is -0.455 e. The molecule has 0 unspecified atom stereocenters. The molecular formula is C46H28N4O. The maximum Gasteiger partial charge on any atom is 0.164 e. The van der Waals surface area contributed by atoms with Gasteiger partial charge < -0.3 is 4.42 Å². The fourth-order valence-corrected chi connectivity index (χ4v) is 7.03. The Kier molecular flexibility index (Phi) is 6.74. The molecule has 0 aliphatic heterocycles. The second-order valence-corrected chi connectivity index (χ2v) is 12.6. The van der Waals surface area contributed by atoms with Gasteiger partial charge in [0.2, 0.25) is 0 Å². The van der Waals surface area contributed by atoms with Crippen molar-refractivity contribution < 1.29 is 4.42 Å². The third-order valence-corrected chi connectivity index (χ3v) is 9.51. The van der Waals surface area contributed by atoms with Gasteiger partial charge in [-0.05, 0) is 40.1 Å². The number of rotatable bonds is 5. The molecule has 10 rings (SSSR count). The van der Waals surface area contributed by atoms with Crippen molar-refractivity contribution in [3.05, 3.63) is 170 Å². The van der Waals surface area contributed by atoms with E-state index in [1.807, 2.05) is 54.6 Å². The van der Waals surface area contributed by atoms with Crippen LogP contribution in [-0.4, -0.2) is 19.9 Å². The number of para-hydroxylation sites is 1. The van der Waals surface area contributed by atoms with Crippen LogP contribution in [0.5, 0.6) is 0 Å². The Balaban J connectivity index is 1.16. The highest BCUT2D eigenvalue weighted by molar-refractivity contribution is 6.25. The number of nitrogens with zero attached hydrogens (tertiary/aromatic N) is 4. The van der Waals surface area contributed by atoms with E-state index in [0.717, 1.165) is 82.7 Å². The Morgan fingerprint density at radius 3 is 1.67 bits per heavy atom. The van der Waals surface area contributed by atoms with Crippen LogP contribution in [-0.2, 0) is 0 Å². The van der Waals surface area contributed by atoms with E-state index in [9.17, 15) is 0 Å². The molecule has 3 aromatic heterocycles. The molecule has 5 nitrogen and oxygen atoms in total. The maximum absolute atomic E-state index is 6.64. The number of fused-ring (bicyclic) bond motifs is 7. The van der Waals surface area contributed by atoms with E-state index in [0.29, 0.717) is 17.5 Å². The summed E-state index contributed by atoms with van der Waals surface area (Å²) in [5.74, 6) is 1.82. The largest absolute Gasteiger partial charge is 0.455 e. The topological polar surface area (TPSA) is 64.7 Å². The van der Waals surface area contributed by atoms with Crippen molar-refractivity contribution in [2.75, 3.05) is 0 Å². The first-order valence-electron chi connectivity index (χ1n) is 17.0. The van der Waals surface area contributed by atoms with Crippen LogP contribution in [0.25, 0.3) is 100 Å². The van der Waals surface area contributed by atoms with Crippen molar-refractivity contribution in [2.24, 2.45) is 0 Å². The number of hydrogen-bond acceptors (Lipinski definition) is 5. The third kappa shape index (κ3) is 5.03. The molecule has 0 radical (unpaired) electrons. The van der Waals surface area contributed by atoms with Gasteiger partial charge in [-0.1, -0.05) is 152 Å². The Labute approximate surface area is 293 Å². The zero-order valence-corrected chi connectivity index (χ0v) is 27.4. The van der Waals surface area contributed by atoms with E-state index in [4.69, 9.17) is 24.4 Å². The van der Waals surface area contributed by atoms with Crippen LogP contribution in [0.1, 0.15) is 0 Å². The second-order valence-electron chi connectivity index (χ2n) is 12.6. The van der Waals surface area contributed by atoms with Gasteiger partial charge in [0, 0.05) is 27.6 Å². The Bertz CT molecular complexity index is 2900. The summed E-state index contributed by atoms with van der Waals surface area (Å²) < 4.78 is 6.64. The monoisotopic (exact) mass is 652 g/mol. The molecule has 10 aromatic rings. The average Bonchev–Trinajstić information content (AvgIpc) is 3.61. The molecule has 0 aliphatic carbocycles. The number of hydrogen-bond donors (Lipinski definition) is 0. The molecule has 51 heavy (non-hydrogen) atoms. The molecule has 238 valence electrons. The fraction of sp³-hybridized carbons (Fsp3) is 0. The van der Waals surface area contributed by atoms with Crippen LogP contribution in [0.3, 0.4) is 0 Å². The molecular weight excluding hydrogens is 625 g/mol. The number of furan rings is 1. The molecule has 0 N–H and O–H groups in total. The van der Waals surface area contributed by atoms with Crippen molar-refractivity contribution in [3.63, 3.8) is 0 Å². The minimum absolute atomic E-state index is 0.591. The Morgan fingerprint density at radius 2 is 0.902 bits per heavy atom. The number of pyridine rings is 1. The van der Waals surface area contributed by atoms with E-state index >= 15 is 0 Å². The lowest BCUT2D eigenvalue weighted by Crippen LogP contribution is -2.00. The first kappa shape index (κ1) is 29.0. The summed E-state index contributed by atoms with van der Waals surface area (Å²) in [4.78, 5) is 20.4. The summed E-state index contributed by atoms with van der Waals surface area (Å²) in [5, 5.41) is 5.31. The molecule has 0 saturated heterocycles. The molecule has 0 amide bonds. The van der Waals surface area contributed by atoms with Gasteiger partial charge in [0.1, 0.15) is 11.2 Å². The molecule has 0 aliphatic rings. The lowest BCUT2D eigenvalue weighted by Gasteiger charge is -2.11. The van der Waals surface area contributed by atoms with Gasteiger partial charge in [-0.3, -0.25) is 0 Å². The average molecular weight is 653 g/mol. The van der Waals surface area contributed by atoms with Crippen molar-refractivity contribution in [3.8, 4) is 56.5 Å². The van der Waals surface area contributed by atoms with Gasteiger partial charge in [0.25, 0.3) is 0 Å². The summed E-state index contributed by atoms with van der Waals surface area (Å²) in [6, 6.07) is 58.0. The summed E-state index contributed by atoms with van der Waals surface area (Å²) >= 11 is 0. The zero-order chi connectivity index (χ0) is 33.7. The second kappa shape index (κ2) is 11.9. The summed E-state index contributed by atoms with van der Waals surface area (Å²) in [6.45, 7) is 0. The fourth-order valence-electron chi connectivity index (χ4n) is 7.03. The summed E-state index contributed by atoms with van der Waals surface area (Å²) in [7, 11) is 0. The van der Waals surface area contributed by atoms with Crippen molar-refractivity contribution in [1.82, 2.24) is 19.9 Å². The van der Waals surface area contributed by atoms with Crippen LogP contribution in [0.2, 0.25) is 0 Å². The van der Waals surface area contributed by atoms with Gasteiger partial charge in [0.05, 0.1) is 22.0 Å². The highest BCUT2D eigenvalue weighted by Gasteiger charge is 2.20. The van der Waals surface area contributed by atoms with Gasteiger partial charge in [0.15, 0.2) is 17.5 Å². The van der Waals surface area contributed by atoms with Gasteiger partial charge in [-0.2, -0.15) is 0 Å². The number of aromatic nitrogens is 4. The molecule has 3 heterocycles. The molecule has 7 aromatic carbocycles. The molecule has 5 heteroatoms. The standard InChI is InChI=1S/C46H28N4O/c1-3-12-29(13-4-1)30-22-24-33(25-23-30)45-48-44(32-15-5-2-6-16-32)49-46(50-45)35-18-11-17-34(28-35)42-41-37-20-9-10-21-39(37)51-43(41)40-36-19-8-7-14-31(36)26-27-38(40)47-42/h1-28H. The van der Waals surface area contributed by atoms with Crippen molar-refractivity contribution in [2.45, 2.75) is 0 Å². The van der Waals surface area contributed by atoms with E-state index < -0.39 is 0 Å². The molecule has 0 fully saturated rings. The van der Waals surface area contributed by atoms with Gasteiger partial charge in [-0.15, -0.1) is 0 Å². The zero-order valence-electron chi connectivity index (χ0n) is 27.4. The summed E-state index contributed by atoms with van der Waals surface area (Å²) in [5.41, 5.74) is 9.38. The van der Waals surface area contributed by atoms with Crippen molar-refractivity contribution in [1.29, 1.82) is 0 Å². The Morgan fingerprint density at radius 1 is 0.353 bits per heavy atom. The van der Waals surface area contributed by atoms with Crippen LogP contribution in [0.4, 0.5) is 0 Å². The number of benzene rings is 7. The molecule has 0 spiro atoms. The van der Waals surface area contributed by atoms with E-state index in [2.05, 4.69) is 115 Å². The van der Waals surface area contributed by atoms with E-state index in [-0.39, 0.29) is 0 Å².